The van der Waals surface area contributed by atoms with E-state index in [-0.39, 0.29) is 11.1 Å². The highest BCUT2D eigenvalue weighted by Gasteiger charge is 2.64. The Labute approximate surface area is 162 Å². The van der Waals surface area contributed by atoms with Gasteiger partial charge < -0.3 is 33.7 Å². The highest BCUT2D eigenvalue weighted by Crippen LogP contribution is 2.70. The number of ether oxygens (including phenoxy) is 1. The van der Waals surface area contributed by atoms with Crippen LogP contribution in [0.4, 0.5) is 0 Å². The maximum Gasteiger partial charge on any atom is 0.383 e. The van der Waals surface area contributed by atoms with Crippen LogP contribution in [-0.4, -0.2) is 45.3 Å². The van der Waals surface area contributed by atoms with Gasteiger partial charge in [-0.25, -0.2) is 9.78 Å². The SMILES string of the molecule is O=C(OC(Cn1ccnc1)(P(=O)(O)O)P(=O)(O)O)c1ccc(CO[N+](=O)[O-])cc1. The summed E-state index contributed by atoms with van der Waals surface area (Å²) in [5, 5.41) is 5.66. The van der Waals surface area contributed by atoms with Crippen LogP contribution in [0.2, 0.25) is 0 Å². The average molecular weight is 451 g/mol. The molecule has 0 bridgehead atoms. The minimum Gasteiger partial charge on any atom is -0.427 e. The molecular weight excluding hydrogens is 436 g/mol. The number of imidazole rings is 1. The standard InChI is InChI=1S/C13H15N3O11P2/c17-12(11-3-1-10(2-4-11)7-26-16(18)19)27-13(28(20,21)22,29(23,24)25)8-15-6-5-14-9-15/h1-6,9H,7-8H2,(H2,20,21,22)(H2,23,24,25). The van der Waals surface area contributed by atoms with Crippen molar-refractivity contribution in [1.82, 2.24) is 9.55 Å². The van der Waals surface area contributed by atoms with Gasteiger partial charge in [-0.2, -0.15) is 0 Å². The van der Waals surface area contributed by atoms with Crippen LogP contribution in [0.5, 0.6) is 0 Å². The fourth-order valence-electron chi connectivity index (χ4n) is 2.19. The van der Waals surface area contributed by atoms with Crippen LogP contribution in [0.15, 0.2) is 43.0 Å². The molecule has 2 rings (SSSR count). The van der Waals surface area contributed by atoms with Gasteiger partial charge in [0.25, 0.3) is 5.09 Å². The van der Waals surface area contributed by atoms with E-state index in [2.05, 4.69) is 9.82 Å². The molecule has 0 fully saturated rings. The Balaban J connectivity index is 2.35. The molecule has 0 saturated carbocycles. The van der Waals surface area contributed by atoms with E-state index >= 15 is 0 Å². The Morgan fingerprint density at radius 2 is 1.76 bits per heavy atom. The van der Waals surface area contributed by atoms with E-state index in [1.54, 1.807) is 0 Å². The highest BCUT2D eigenvalue weighted by molar-refractivity contribution is 7.72. The number of esters is 1. The highest BCUT2D eigenvalue weighted by atomic mass is 31.2. The van der Waals surface area contributed by atoms with Crippen molar-refractivity contribution in [2.75, 3.05) is 0 Å². The molecule has 1 heterocycles. The van der Waals surface area contributed by atoms with Gasteiger partial charge in [0.05, 0.1) is 18.4 Å². The fraction of sp³-hybridized carbons (Fsp3) is 0.231. The molecule has 0 amide bonds. The van der Waals surface area contributed by atoms with E-state index in [9.17, 15) is 43.6 Å². The number of nitrogens with zero attached hydrogens (tertiary/aromatic N) is 3. The minimum absolute atomic E-state index is 0.285. The minimum atomic E-state index is -5.72. The molecular formula is C13H15N3O11P2. The van der Waals surface area contributed by atoms with Crippen molar-refractivity contribution in [3.63, 3.8) is 0 Å². The molecule has 14 nitrogen and oxygen atoms in total. The van der Waals surface area contributed by atoms with Gasteiger partial charge in [0.15, 0.2) is 0 Å². The quantitative estimate of drug-likeness (QED) is 0.177. The number of benzene rings is 1. The zero-order chi connectivity index (χ0) is 21.9. The molecule has 16 heteroatoms. The van der Waals surface area contributed by atoms with Crippen molar-refractivity contribution in [2.45, 2.75) is 18.2 Å². The lowest BCUT2D eigenvalue weighted by Crippen LogP contribution is -2.39. The predicted octanol–water partition coefficient (Wildman–Crippen LogP) is 0.458. The molecule has 0 atom stereocenters. The molecule has 158 valence electrons. The Morgan fingerprint density at radius 1 is 1.17 bits per heavy atom. The van der Waals surface area contributed by atoms with E-state index in [1.807, 2.05) is 0 Å². The normalized spacial score (nSPS) is 12.4. The van der Waals surface area contributed by atoms with Crippen molar-refractivity contribution in [2.24, 2.45) is 0 Å². The van der Waals surface area contributed by atoms with E-state index in [1.165, 1.54) is 18.3 Å². The summed E-state index contributed by atoms with van der Waals surface area (Å²) >= 11 is 0. The first-order chi connectivity index (χ1) is 13.4. The van der Waals surface area contributed by atoms with Gasteiger partial charge >= 0.3 is 26.2 Å². The van der Waals surface area contributed by atoms with Crippen molar-refractivity contribution in [1.29, 1.82) is 0 Å². The summed E-state index contributed by atoms with van der Waals surface area (Å²) in [5.74, 6) is -1.43. The lowest BCUT2D eigenvalue weighted by Gasteiger charge is -2.33. The van der Waals surface area contributed by atoms with Crippen molar-refractivity contribution in [3.05, 3.63) is 64.2 Å². The largest absolute Gasteiger partial charge is 0.427 e. The summed E-state index contributed by atoms with van der Waals surface area (Å²) in [4.78, 5) is 68.9. The molecule has 0 aliphatic rings. The molecule has 29 heavy (non-hydrogen) atoms. The first kappa shape index (κ1) is 22.7. The third-order valence-corrected chi connectivity index (χ3v) is 7.49. The van der Waals surface area contributed by atoms with Gasteiger partial charge in [-0.15, -0.1) is 10.1 Å². The van der Waals surface area contributed by atoms with Gasteiger partial charge in [0, 0.05) is 12.4 Å². The topological polar surface area (TPSA) is 212 Å². The molecule has 0 saturated heterocycles. The molecule has 0 aliphatic carbocycles. The average Bonchev–Trinajstić information content (AvgIpc) is 3.10. The van der Waals surface area contributed by atoms with Crippen molar-refractivity contribution >= 4 is 21.2 Å². The Morgan fingerprint density at radius 3 is 2.21 bits per heavy atom. The molecule has 4 N–H and O–H groups in total. The van der Waals surface area contributed by atoms with Gasteiger partial charge in [-0.1, -0.05) is 12.1 Å². The summed E-state index contributed by atoms with van der Waals surface area (Å²) in [5.41, 5.74) is -0.0281. The maximum atomic E-state index is 12.4. The maximum absolute atomic E-state index is 12.4. The number of carbonyl (C=O) groups is 1. The zero-order valence-electron chi connectivity index (χ0n) is 14.3. The molecule has 0 unspecified atom stereocenters. The molecule has 0 aliphatic heterocycles. The Kier molecular flexibility index (Phi) is 6.58. The Bertz CT molecular complexity index is 942. The summed E-state index contributed by atoms with van der Waals surface area (Å²) < 4.78 is 29.7. The van der Waals surface area contributed by atoms with Gasteiger partial charge in [0.1, 0.15) is 6.61 Å². The zero-order valence-corrected chi connectivity index (χ0v) is 16.1. The summed E-state index contributed by atoms with van der Waals surface area (Å²) in [6, 6.07) is 4.63. The lowest BCUT2D eigenvalue weighted by atomic mass is 10.1. The number of hydrogen-bond acceptors (Lipinski definition) is 8. The van der Waals surface area contributed by atoms with Crippen molar-refractivity contribution < 1.29 is 48.2 Å². The second-order valence-electron chi connectivity index (χ2n) is 5.65. The van der Waals surface area contributed by atoms with E-state index in [0.717, 1.165) is 29.2 Å². The smallest absolute Gasteiger partial charge is 0.383 e. The van der Waals surface area contributed by atoms with Crippen LogP contribution in [-0.2, 0) is 31.9 Å². The number of hydrogen-bond donors (Lipinski definition) is 4. The monoisotopic (exact) mass is 451 g/mol. The fourth-order valence-corrected chi connectivity index (χ4v) is 4.65. The molecule has 2 aromatic rings. The third-order valence-electron chi connectivity index (χ3n) is 3.64. The summed E-state index contributed by atoms with van der Waals surface area (Å²) in [6.07, 6.45) is 3.38. The lowest BCUT2D eigenvalue weighted by molar-refractivity contribution is -0.763. The summed E-state index contributed by atoms with van der Waals surface area (Å²) in [7, 11) is -11.4. The first-order valence-electron chi connectivity index (χ1n) is 7.52. The van der Waals surface area contributed by atoms with E-state index in [0.29, 0.717) is 0 Å². The van der Waals surface area contributed by atoms with Crippen LogP contribution in [0.25, 0.3) is 0 Å². The molecule has 1 aromatic heterocycles. The van der Waals surface area contributed by atoms with Crippen LogP contribution >= 0.6 is 15.2 Å². The van der Waals surface area contributed by atoms with Crippen molar-refractivity contribution in [3.8, 4) is 0 Å². The van der Waals surface area contributed by atoms with Crippen LogP contribution < -0.4 is 0 Å². The number of aromatic nitrogens is 2. The number of rotatable bonds is 9. The van der Waals surface area contributed by atoms with Gasteiger partial charge in [0.2, 0.25) is 0 Å². The first-order valence-corrected chi connectivity index (χ1v) is 10.7. The van der Waals surface area contributed by atoms with E-state index in [4.69, 9.17) is 4.74 Å². The second-order valence-corrected chi connectivity index (χ2v) is 9.62. The molecule has 1 aromatic carbocycles. The molecule has 0 radical (unpaired) electrons. The van der Waals surface area contributed by atoms with Gasteiger partial charge in [-0.3, -0.25) is 9.13 Å². The number of carbonyl (C=O) groups excluding carboxylic acids is 1. The second kappa shape index (κ2) is 8.41. The third kappa shape index (κ3) is 5.26. The van der Waals surface area contributed by atoms with Crippen LogP contribution in [0, 0.1) is 10.1 Å². The molecule has 0 spiro atoms. The predicted molar refractivity (Wildman–Crippen MR) is 92.7 cm³/mol. The van der Waals surface area contributed by atoms with Gasteiger partial charge in [-0.05, 0) is 17.7 Å². The Hall–Kier alpha value is -2.60. The summed E-state index contributed by atoms with van der Waals surface area (Å²) in [6.45, 7) is -1.49. The van der Waals surface area contributed by atoms with Crippen LogP contribution in [0.1, 0.15) is 15.9 Å². The van der Waals surface area contributed by atoms with Crippen LogP contribution in [0.3, 0.4) is 0 Å². The van der Waals surface area contributed by atoms with E-state index < -0.39 is 44.5 Å².